The fourth-order valence-corrected chi connectivity index (χ4v) is 2.00. The number of hydrogen-bond acceptors (Lipinski definition) is 1. The van der Waals surface area contributed by atoms with Crippen LogP contribution in [0.5, 0.6) is 0 Å². The van der Waals surface area contributed by atoms with E-state index in [1.165, 1.54) is 27.9 Å². The fourth-order valence-electron chi connectivity index (χ4n) is 1.50. The van der Waals surface area contributed by atoms with Crippen LogP contribution in [-0.4, -0.2) is 16.8 Å². The number of benzene rings is 1. The zero-order valence-electron chi connectivity index (χ0n) is 8.80. The summed E-state index contributed by atoms with van der Waals surface area (Å²) in [4.78, 5) is 0. The Kier molecular flexibility index (Phi) is 4.03. The normalized spacial score (nSPS) is 12.8. The van der Waals surface area contributed by atoms with Crippen LogP contribution in [0.15, 0.2) is 24.3 Å². The van der Waals surface area contributed by atoms with Crippen molar-refractivity contribution in [2.75, 3.05) is 11.9 Å². The van der Waals surface area contributed by atoms with Crippen LogP contribution in [0.25, 0.3) is 0 Å². The Morgan fingerprint density at radius 2 is 2.00 bits per heavy atom. The lowest BCUT2D eigenvalue weighted by atomic mass is 10.1. The van der Waals surface area contributed by atoms with Crippen LogP contribution in [0.4, 0.5) is 5.69 Å². The van der Waals surface area contributed by atoms with Crippen molar-refractivity contribution < 1.29 is 0 Å². The third-order valence-corrected chi connectivity index (χ3v) is 3.91. The molecule has 0 saturated heterocycles. The molecule has 0 heterocycles. The molecule has 1 aromatic rings. The summed E-state index contributed by atoms with van der Waals surface area (Å²) in [5.41, 5.74) is 3.61. The van der Waals surface area contributed by atoms with Gasteiger partial charge >= 0.3 is 0 Å². The molecule has 0 aliphatic heterocycles. The van der Waals surface area contributed by atoms with Crippen LogP contribution in [0.3, 0.4) is 0 Å². The molecule has 1 N–H and O–H groups in total. The standard InChI is InChI=1S/C11H19NSi/c1-3-11(13)9-7-5-6-8-10(9)12-4-2/h5-8,11-12H,3-4H2,1-2,13H3. The van der Waals surface area contributed by atoms with Gasteiger partial charge in [-0.15, -0.1) is 0 Å². The van der Waals surface area contributed by atoms with E-state index in [0.717, 1.165) is 12.1 Å². The highest BCUT2D eigenvalue weighted by Gasteiger charge is 2.06. The summed E-state index contributed by atoms with van der Waals surface area (Å²) in [7, 11) is 1.24. The average Bonchev–Trinajstić information content (AvgIpc) is 2.18. The van der Waals surface area contributed by atoms with E-state index < -0.39 is 0 Å². The Bertz CT molecular complexity index is 260. The van der Waals surface area contributed by atoms with Crippen molar-refractivity contribution in [3.05, 3.63) is 29.8 Å². The Morgan fingerprint density at radius 1 is 1.31 bits per heavy atom. The van der Waals surface area contributed by atoms with Gasteiger partial charge in [-0.25, -0.2) is 0 Å². The molecule has 0 radical (unpaired) electrons. The number of nitrogens with one attached hydrogen (secondary N) is 1. The molecule has 1 atom stereocenters. The highest BCUT2D eigenvalue weighted by molar-refractivity contribution is 6.12. The predicted molar refractivity (Wildman–Crippen MR) is 63.6 cm³/mol. The SMILES string of the molecule is CCNc1ccccc1C([SiH3])CC. The molecule has 0 bridgehead atoms. The molecule has 1 aromatic carbocycles. The summed E-state index contributed by atoms with van der Waals surface area (Å²) in [5, 5.41) is 3.41. The number of para-hydroxylation sites is 1. The molecule has 0 saturated carbocycles. The van der Waals surface area contributed by atoms with Gasteiger partial charge in [-0.3, -0.25) is 0 Å². The Hall–Kier alpha value is -0.763. The smallest absolute Gasteiger partial charge is 0.0372 e. The first-order valence-electron chi connectivity index (χ1n) is 5.12. The van der Waals surface area contributed by atoms with E-state index in [9.17, 15) is 0 Å². The molecule has 0 fully saturated rings. The van der Waals surface area contributed by atoms with E-state index in [1.807, 2.05) is 0 Å². The minimum absolute atomic E-state index is 0.787. The minimum Gasteiger partial charge on any atom is -0.385 e. The number of rotatable bonds is 4. The largest absolute Gasteiger partial charge is 0.385 e. The second-order valence-electron chi connectivity index (χ2n) is 3.43. The molecule has 0 aliphatic rings. The fraction of sp³-hybridized carbons (Fsp3) is 0.455. The van der Waals surface area contributed by atoms with E-state index in [0.29, 0.717) is 0 Å². The molecule has 72 valence electrons. The van der Waals surface area contributed by atoms with Gasteiger partial charge in [0.15, 0.2) is 0 Å². The van der Waals surface area contributed by atoms with Crippen molar-refractivity contribution >= 4 is 15.9 Å². The summed E-state index contributed by atoms with van der Waals surface area (Å²) >= 11 is 0. The quantitative estimate of drug-likeness (QED) is 0.721. The van der Waals surface area contributed by atoms with Crippen molar-refractivity contribution in [2.45, 2.75) is 25.8 Å². The zero-order chi connectivity index (χ0) is 9.68. The molecule has 1 unspecified atom stereocenters. The van der Waals surface area contributed by atoms with Crippen LogP contribution in [0.2, 0.25) is 0 Å². The molecule has 13 heavy (non-hydrogen) atoms. The molecule has 0 aromatic heterocycles. The molecule has 0 amide bonds. The van der Waals surface area contributed by atoms with Crippen LogP contribution in [-0.2, 0) is 0 Å². The van der Waals surface area contributed by atoms with Gasteiger partial charge in [-0.2, -0.15) is 0 Å². The molecule has 1 nitrogen and oxygen atoms in total. The van der Waals surface area contributed by atoms with Crippen molar-refractivity contribution in [3.8, 4) is 0 Å². The van der Waals surface area contributed by atoms with Gasteiger partial charge in [-0.05, 0) is 24.1 Å². The second-order valence-corrected chi connectivity index (χ2v) is 4.82. The van der Waals surface area contributed by atoms with Gasteiger partial charge in [0, 0.05) is 22.5 Å². The summed E-state index contributed by atoms with van der Waals surface area (Å²) in [6.45, 7) is 5.42. The monoisotopic (exact) mass is 193 g/mol. The number of anilines is 1. The van der Waals surface area contributed by atoms with Gasteiger partial charge in [0.05, 0.1) is 0 Å². The van der Waals surface area contributed by atoms with Crippen molar-refractivity contribution in [2.24, 2.45) is 0 Å². The second kappa shape index (κ2) is 5.07. The first kappa shape index (κ1) is 10.3. The van der Waals surface area contributed by atoms with E-state index in [2.05, 4.69) is 43.4 Å². The van der Waals surface area contributed by atoms with Crippen molar-refractivity contribution in [1.29, 1.82) is 0 Å². The van der Waals surface area contributed by atoms with Gasteiger partial charge in [-0.1, -0.05) is 31.5 Å². The van der Waals surface area contributed by atoms with Gasteiger partial charge in [0.2, 0.25) is 0 Å². The minimum atomic E-state index is 0.787. The maximum Gasteiger partial charge on any atom is 0.0372 e. The third-order valence-electron chi connectivity index (χ3n) is 2.47. The summed E-state index contributed by atoms with van der Waals surface area (Å²) in [6.07, 6.45) is 1.26. The molecule has 0 aliphatic carbocycles. The maximum atomic E-state index is 3.41. The first-order valence-corrected chi connectivity index (χ1v) is 6.27. The van der Waals surface area contributed by atoms with E-state index in [-0.39, 0.29) is 0 Å². The van der Waals surface area contributed by atoms with Gasteiger partial charge < -0.3 is 5.32 Å². The molecule has 2 heteroatoms. The lowest BCUT2D eigenvalue weighted by Crippen LogP contribution is -2.04. The van der Waals surface area contributed by atoms with Gasteiger partial charge in [0.25, 0.3) is 0 Å². The topological polar surface area (TPSA) is 12.0 Å². The zero-order valence-corrected chi connectivity index (χ0v) is 10.8. The third kappa shape index (κ3) is 2.59. The highest BCUT2D eigenvalue weighted by atomic mass is 28.1. The van der Waals surface area contributed by atoms with Crippen LogP contribution in [0.1, 0.15) is 31.4 Å². The summed E-state index contributed by atoms with van der Waals surface area (Å²) in [5.74, 6) is 0. The Morgan fingerprint density at radius 3 is 2.62 bits per heavy atom. The maximum absolute atomic E-state index is 3.41. The lowest BCUT2D eigenvalue weighted by Gasteiger charge is -2.15. The lowest BCUT2D eigenvalue weighted by molar-refractivity contribution is 0.882. The van der Waals surface area contributed by atoms with Crippen molar-refractivity contribution in [1.82, 2.24) is 0 Å². The Balaban J connectivity index is 2.90. The predicted octanol–water partition coefficient (Wildman–Crippen LogP) is 1.93. The van der Waals surface area contributed by atoms with E-state index in [1.54, 1.807) is 0 Å². The Labute approximate surface area is 84.0 Å². The van der Waals surface area contributed by atoms with Crippen molar-refractivity contribution in [3.63, 3.8) is 0 Å². The molecular formula is C11H19NSi. The van der Waals surface area contributed by atoms with E-state index in [4.69, 9.17) is 0 Å². The molecule has 1 rings (SSSR count). The molecular weight excluding hydrogens is 174 g/mol. The molecule has 0 spiro atoms. The van der Waals surface area contributed by atoms with Crippen LogP contribution >= 0.6 is 0 Å². The van der Waals surface area contributed by atoms with Crippen LogP contribution in [0, 0.1) is 0 Å². The van der Waals surface area contributed by atoms with E-state index >= 15 is 0 Å². The van der Waals surface area contributed by atoms with Gasteiger partial charge in [0.1, 0.15) is 0 Å². The highest BCUT2D eigenvalue weighted by Crippen LogP contribution is 2.24. The average molecular weight is 193 g/mol. The van der Waals surface area contributed by atoms with Crippen LogP contribution < -0.4 is 5.32 Å². The number of hydrogen-bond donors (Lipinski definition) is 1. The summed E-state index contributed by atoms with van der Waals surface area (Å²) < 4.78 is 0. The first-order chi connectivity index (χ1) is 6.29. The summed E-state index contributed by atoms with van der Waals surface area (Å²) in [6, 6.07) is 8.67.